The summed E-state index contributed by atoms with van der Waals surface area (Å²) < 4.78 is 13.2. The number of anilines is 1. The second-order valence-corrected chi connectivity index (χ2v) is 5.66. The molecule has 1 fully saturated rings. The highest BCUT2D eigenvalue weighted by molar-refractivity contribution is 5.92. The van der Waals surface area contributed by atoms with E-state index in [9.17, 15) is 19.1 Å². The molecule has 0 saturated heterocycles. The Kier molecular flexibility index (Phi) is 4.16. The molecule has 0 aliphatic heterocycles. The highest BCUT2D eigenvalue weighted by Crippen LogP contribution is 2.38. The van der Waals surface area contributed by atoms with Crippen LogP contribution in [0.1, 0.15) is 26.2 Å². The number of nitrogens with one attached hydrogen (secondary N) is 1. The molecular formula is C15H19FN2O3. The molecule has 1 aliphatic rings. The van der Waals surface area contributed by atoms with Crippen molar-refractivity contribution in [3.8, 4) is 0 Å². The van der Waals surface area contributed by atoms with E-state index in [0.717, 1.165) is 6.42 Å². The fourth-order valence-electron chi connectivity index (χ4n) is 2.70. The summed E-state index contributed by atoms with van der Waals surface area (Å²) in [6, 6.07) is 4.84. The first kappa shape index (κ1) is 15.3. The quantitative estimate of drug-likeness (QED) is 0.900. The third kappa shape index (κ3) is 2.99. The summed E-state index contributed by atoms with van der Waals surface area (Å²) in [5.74, 6) is -1.33. The average Bonchev–Trinajstić information content (AvgIpc) is 2.80. The maximum Gasteiger partial charge on any atom is 0.321 e. The van der Waals surface area contributed by atoms with E-state index in [4.69, 9.17) is 0 Å². The van der Waals surface area contributed by atoms with Gasteiger partial charge in [-0.3, -0.25) is 9.69 Å². The normalized spacial score (nSPS) is 24.6. The number of rotatable bonds is 3. The lowest BCUT2D eigenvalue weighted by Gasteiger charge is -2.29. The van der Waals surface area contributed by atoms with E-state index in [1.165, 1.54) is 30.1 Å². The van der Waals surface area contributed by atoms with Gasteiger partial charge in [-0.15, -0.1) is 0 Å². The van der Waals surface area contributed by atoms with Crippen molar-refractivity contribution in [1.82, 2.24) is 5.32 Å². The van der Waals surface area contributed by atoms with Crippen LogP contribution in [0.4, 0.5) is 14.9 Å². The van der Waals surface area contributed by atoms with Gasteiger partial charge in [0.1, 0.15) is 5.82 Å². The minimum atomic E-state index is -0.946. The van der Waals surface area contributed by atoms with Crippen molar-refractivity contribution in [1.29, 1.82) is 0 Å². The summed E-state index contributed by atoms with van der Waals surface area (Å²) in [6.07, 6.45) is 1.93. The summed E-state index contributed by atoms with van der Waals surface area (Å²) in [5, 5.41) is 12.1. The Balaban J connectivity index is 2.09. The first-order chi connectivity index (χ1) is 9.84. The Labute approximate surface area is 122 Å². The molecule has 2 amide bonds. The molecular weight excluding hydrogens is 275 g/mol. The summed E-state index contributed by atoms with van der Waals surface area (Å²) in [5.41, 5.74) is -0.527. The van der Waals surface area contributed by atoms with Gasteiger partial charge in [0, 0.05) is 18.8 Å². The Hall–Kier alpha value is -2.11. The number of hydrogen-bond donors (Lipinski definition) is 2. The molecule has 0 spiro atoms. The maximum absolute atomic E-state index is 13.2. The van der Waals surface area contributed by atoms with Crippen molar-refractivity contribution in [2.45, 2.75) is 32.2 Å². The van der Waals surface area contributed by atoms with E-state index in [1.54, 1.807) is 13.0 Å². The van der Waals surface area contributed by atoms with Gasteiger partial charge in [0.05, 0.1) is 5.41 Å². The second-order valence-electron chi connectivity index (χ2n) is 5.66. The molecule has 1 saturated carbocycles. The Morgan fingerprint density at radius 2 is 2.19 bits per heavy atom. The number of nitrogens with zero attached hydrogens (tertiary/aromatic N) is 1. The van der Waals surface area contributed by atoms with Crippen LogP contribution >= 0.6 is 0 Å². The molecule has 2 unspecified atom stereocenters. The zero-order valence-corrected chi connectivity index (χ0v) is 12.1. The van der Waals surface area contributed by atoms with Crippen LogP contribution in [0, 0.1) is 11.2 Å². The van der Waals surface area contributed by atoms with Gasteiger partial charge in [0.15, 0.2) is 0 Å². The van der Waals surface area contributed by atoms with E-state index in [2.05, 4.69) is 5.32 Å². The molecule has 0 bridgehead atoms. The van der Waals surface area contributed by atoms with Crippen LogP contribution in [0.2, 0.25) is 0 Å². The average molecular weight is 294 g/mol. The number of carbonyl (C=O) groups excluding carboxylic acids is 1. The topological polar surface area (TPSA) is 69.6 Å². The molecule has 6 heteroatoms. The Morgan fingerprint density at radius 3 is 2.81 bits per heavy atom. The summed E-state index contributed by atoms with van der Waals surface area (Å²) in [4.78, 5) is 24.9. The lowest BCUT2D eigenvalue weighted by atomic mass is 9.85. The largest absolute Gasteiger partial charge is 0.481 e. The zero-order valence-electron chi connectivity index (χ0n) is 12.1. The number of carbonyl (C=O) groups is 2. The molecule has 114 valence electrons. The lowest BCUT2D eigenvalue weighted by molar-refractivity contribution is -0.148. The van der Waals surface area contributed by atoms with Crippen LogP contribution in [0.3, 0.4) is 0 Å². The third-order valence-electron chi connectivity index (χ3n) is 4.24. The van der Waals surface area contributed by atoms with Gasteiger partial charge in [0.2, 0.25) is 0 Å². The van der Waals surface area contributed by atoms with Crippen LogP contribution in [0.5, 0.6) is 0 Å². The van der Waals surface area contributed by atoms with Gasteiger partial charge in [-0.05, 0) is 38.0 Å². The first-order valence-electron chi connectivity index (χ1n) is 6.88. The highest BCUT2D eigenvalue weighted by atomic mass is 19.1. The molecule has 2 atom stereocenters. The number of carboxylic acid groups (broad SMARTS) is 1. The van der Waals surface area contributed by atoms with Crippen LogP contribution in [0.15, 0.2) is 24.3 Å². The monoisotopic (exact) mass is 294 g/mol. The minimum Gasteiger partial charge on any atom is -0.481 e. The summed E-state index contributed by atoms with van der Waals surface area (Å²) in [6.45, 7) is 1.65. The molecule has 2 N–H and O–H groups in total. The van der Waals surface area contributed by atoms with Gasteiger partial charge in [-0.1, -0.05) is 12.5 Å². The Bertz CT molecular complexity index is 564. The predicted molar refractivity (Wildman–Crippen MR) is 76.7 cm³/mol. The van der Waals surface area contributed by atoms with Crippen molar-refractivity contribution < 1.29 is 19.1 Å². The fourth-order valence-corrected chi connectivity index (χ4v) is 2.70. The maximum atomic E-state index is 13.2. The summed E-state index contributed by atoms with van der Waals surface area (Å²) in [7, 11) is 1.52. The number of aliphatic carboxylic acids is 1. The second kappa shape index (κ2) is 5.71. The third-order valence-corrected chi connectivity index (χ3v) is 4.24. The highest BCUT2D eigenvalue weighted by Gasteiger charge is 2.46. The van der Waals surface area contributed by atoms with Gasteiger partial charge in [-0.25, -0.2) is 9.18 Å². The Morgan fingerprint density at radius 1 is 1.48 bits per heavy atom. The van der Waals surface area contributed by atoms with Gasteiger partial charge >= 0.3 is 12.0 Å². The number of halogens is 1. The number of carboxylic acids is 1. The first-order valence-corrected chi connectivity index (χ1v) is 6.88. The molecule has 2 rings (SSSR count). The number of hydrogen-bond acceptors (Lipinski definition) is 2. The minimum absolute atomic E-state index is 0.418. The predicted octanol–water partition coefficient (Wildman–Crippen LogP) is 2.61. The molecule has 1 aromatic rings. The van der Waals surface area contributed by atoms with Crippen molar-refractivity contribution >= 4 is 17.7 Å². The smallest absolute Gasteiger partial charge is 0.321 e. The number of amides is 2. The van der Waals surface area contributed by atoms with Gasteiger partial charge in [-0.2, -0.15) is 0 Å². The molecule has 1 aliphatic carbocycles. The van der Waals surface area contributed by atoms with E-state index in [-0.39, 0.29) is 0 Å². The molecule has 0 aromatic heterocycles. The molecule has 21 heavy (non-hydrogen) atoms. The number of benzene rings is 1. The molecule has 5 nitrogen and oxygen atoms in total. The molecule has 0 radical (unpaired) electrons. The van der Waals surface area contributed by atoms with Crippen molar-refractivity contribution in [3.63, 3.8) is 0 Å². The van der Waals surface area contributed by atoms with Crippen LogP contribution in [0.25, 0.3) is 0 Å². The summed E-state index contributed by atoms with van der Waals surface area (Å²) >= 11 is 0. The van der Waals surface area contributed by atoms with E-state index < -0.39 is 29.3 Å². The number of urea groups is 1. The van der Waals surface area contributed by atoms with E-state index in [1.807, 2.05) is 0 Å². The molecule has 1 aromatic carbocycles. The fraction of sp³-hybridized carbons (Fsp3) is 0.467. The van der Waals surface area contributed by atoms with Crippen molar-refractivity contribution in [2.24, 2.45) is 5.41 Å². The SMILES string of the molecule is CN(C(=O)NC1CCCC1(C)C(=O)O)c1cccc(F)c1. The van der Waals surface area contributed by atoms with E-state index in [0.29, 0.717) is 18.5 Å². The molecule has 0 heterocycles. The van der Waals surface area contributed by atoms with Crippen molar-refractivity contribution in [2.75, 3.05) is 11.9 Å². The van der Waals surface area contributed by atoms with Gasteiger partial charge in [0.25, 0.3) is 0 Å². The lowest BCUT2D eigenvalue weighted by Crippen LogP contribution is -2.50. The van der Waals surface area contributed by atoms with E-state index >= 15 is 0 Å². The van der Waals surface area contributed by atoms with Crippen LogP contribution in [-0.4, -0.2) is 30.2 Å². The van der Waals surface area contributed by atoms with Gasteiger partial charge < -0.3 is 10.4 Å². The van der Waals surface area contributed by atoms with Crippen LogP contribution < -0.4 is 10.2 Å². The van der Waals surface area contributed by atoms with Crippen LogP contribution in [-0.2, 0) is 4.79 Å². The standard InChI is InChI=1S/C15H19FN2O3/c1-15(13(19)20)8-4-7-12(15)17-14(21)18(2)11-6-3-5-10(16)9-11/h3,5-6,9,12H,4,7-8H2,1-2H3,(H,17,21)(H,19,20). The zero-order chi connectivity index (χ0) is 15.6. The van der Waals surface area contributed by atoms with Crippen molar-refractivity contribution in [3.05, 3.63) is 30.1 Å².